The van der Waals surface area contributed by atoms with Crippen LogP contribution in [0.5, 0.6) is 17.4 Å². The summed E-state index contributed by atoms with van der Waals surface area (Å²) >= 11 is 0. The molecule has 1 atom stereocenters. The van der Waals surface area contributed by atoms with Gasteiger partial charge in [0.25, 0.3) is 11.5 Å². The largest absolute Gasteiger partial charge is 0.494 e. The van der Waals surface area contributed by atoms with Crippen molar-refractivity contribution >= 4 is 5.91 Å². The fourth-order valence-electron chi connectivity index (χ4n) is 5.03. The van der Waals surface area contributed by atoms with E-state index in [9.17, 15) is 14.7 Å². The molecule has 2 heterocycles. The first-order valence-corrected chi connectivity index (χ1v) is 12.4. The molecule has 0 unspecified atom stereocenters. The minimum Gasteiger partial charge on any atom is -0.494 e. The second-order valence-corrected chi connectivity index (χ2v) is 9.51. The van der Waals surface area contributed by atoms with Gasteiger partial charge >= 0.3 is 0 Å². The Morgan fingerprint density at radius 2 is 1.72 bits per heavy atom. The monoisotopic (exact) mass is 489 g/mol. The van der Waals surface area contributed by atoms with Crippen molar-refractivity contribution < 1.29 is 19.4 Å². The van der Waals surface area contributed by atoms with Crippen LogP contribution in [-0.2, 0) is 6.42 Å². The van der Waals surface area contributed by atoms with E-state index >= 15 is 0 Å². The highest BCUT2D eigenvalue weighted by Gasteiger charge is 2.34. The molecular formula is C28H31N3O5. The number of likely N-dealkylation sites (tertiary alicyclic amines) is 1. The van der Waals surface area contributed by atoms with E-state index < -0.39 is 17.3 Å². The molecule has 8 nitrogen and oxygen atoms in total. The van der Waals surface area contributed by atoms with Gasteiger partial charge in [0.05, 0.1) is 14.2 Å². The number of carbonyl (C=O) groups is 1. The molecule has 1 saturated carbocycles. The maximum absolute atomic E-state index is 13.6. The summed E-state index contributed by atoms with van der Waals surface area (Å²) in [7, 11) is 3.05. The highest BCUT2D eigenvalue weighted by atomic mass is 16.5. The molecule has 0 spiro atoms. The molecule has 8 heteroatoms. The number of amides is 1. The summed E-state index contributed by atoms with van der Waals surface area (Å²) in [5, 5.41) is 11.5. The first-order valence-electron chi connectivity index (χ1n) is 12.4. The summed E-state index contributed by atoms with van der Waals surface area (Å²) < 4.78 is 12.6. The summed E-state index contributed by atoms with van der Waals surface area (Å²) in [6.45, 7) is 0.974. The van der Waals surface area contributed by atoms with Crippen molar-refractivity contribution in [3.8, 4) is 23.1 Å². The number of methoxy groups -OCH3 is 2. The van der Waals surface area contributed by atoms with Gasteiger partial charge in [0, 0.05) is 25.4 Å². The van der Waals surface area contributed by atoms with E-state index in [1.165, 1.54) is 18.8 Å². The Kier molecular flexibility index (Phi) is 6.67. The molecular weight excluding hydrogens is 458 g/mol. The number of ether oxygens (including phenoxy) is 2. The zero-order valence-electron chi connectivity index (χ0n) is 20.6. The van der Waals surface area contributed by atoms with Crippen LogP contribution in [0.1, 0.15) is 53.3 Å². The predicted molar refractivity (Wildman–Crippen MR) is 135 cm³/mol. The lowest BCUT2D eigenvalue weighted by molar-refractivity contribution is 0.0784. The molecule has 2 aromatic carbocycles. The average molecular weight is 490 g/mol. The van der Waals surface area contributed by atoms with E-state index in [0.29, 0.717) is 48.4 Å². The topological polar surface area (TPSA) is 93.9 Å². The van der Waals surface area contributed by atoms with Gasteiger partial charge in [0.1, 0.15) is 23.0 Å². The van der Waals surface area contributed by atoms with Crippen LogP contribution in [-0.4, -0.2) is 52.8 Å². The van der Waals surface area contributed by atoms with Gasteiger partial charge in [0.2, 0.25) is 5.88 Å². The summed E-state index contributed by atoms with van der Waals surface area (Å²) in [6, 6.07) is 15.3. The minimum atomic E-state index is -0.712. The second kappa shape index (κ2) is 10.0. The molecule has 1 N–H and O–H groups in total. The number of rotatable bonds is 8. The number of para-hydroxylation sites is 1. The Morgan fingerprint density at radius 1 is 1.03 bits per heavy atom. The lowest BCUT2D eigenvalue weighted by atomic mass is 9.99. The van der Waals surface area contributed by atoms with Crippen molar-refractivity contribution in [2.24, 2.45) is 5.92 Å². The highest BCUT2D eigenvalue weighted by Crippen LogP contribution is 2.38. The molecule has 36 heavy (non-hydrogen) atoms. The Hall–Kier alpha value is -3.81. The SMILES string of the molecule is COc1cccc(OC)c1-n1c(CCC2CC2)nc(=O)c(C(=O)N2CC[C@@H](c3ccccc3)C2)c1O. The van der Waals surface area contributed by atoms with Crippen molar-refractivity contribution in [1.29, 1.82) is 0 Å². The molecule has 0 radical (unpaired) electrons. The molecule has 2 fully saturated rings. The summed E-state index contributed by atoms with van der Waals surface area (Å²) in [5.41, 5.74) is 0.529. The van der Waals surface area contributed by atoms with Gasteiger partial charge in [-0.25, -0.2) is 0 Å². The fourth-order valence-corrected chi connectivity index (χ4v) is 5.03. The van der Waals surface area contributed by atoms with E-state index in [1.807, 2.05) is 30.3 Å². The standard InChI is InChI=1S/C28H31N3O5/c1-35-21-9-6-10-22(36-2)25(21)31-23(14-13-18-11-12-18)29-26(32)24(28(31)34)27(33)30-16-15-20(17-30)19-7-4-3-5-8-19/h3-10,18,20,34H,11-17H2,1-2H3/t20-/m1/s1. The minimum absolute atomic E-state index is 0.180. The number of benzene rings is 2. The predicted octanol–water partition coefficient (Wildman–Crippen LogP) is 3.93. The van der Waals surface area contributed by atoms with Crippen molar-refractivity contribution in [1.82, 2.24) is 14.5 Å². The van der Waals surface area contributed by atoms with Gasteiger partial charge in [-0.1, -0.05) is 49.2 Å². The Bertz CT molecular complexity index is 1290. The summed E-state index contributed by atoms with van der Waals surface area (Å²) in [6.07, 6.45) is 4.44. The van der Waals surface area contributed by atoms with Gasteiger partial charge in [-0.05, 0) is 36.5 Å². The summed E-state index contributed by atoms with van der Waals surface area (Å²) in [5.74, 6) is 1.08. The molecule has 1 saturated heterocycles. The zero-order valence-corrected chi connectivity index (χ0v) is 20.6. The van der Waals surface area contributed by atoms with Crippen LogP contribution in [0.15, 0.2) is 53.3 Å². The number of aromatic hydroxyl groups is 1. The fraction of sp³-hybridized carbons (Fsp3) is 0.393. The van der Waals surface area contributed by atoms with Crippen molar-refractivity contribution in [3.05, 3.63) is 75.8 Å². The van der Waals surface area contributed by atoms with Gasteiger partial charge < -0.3 is 19.5 Å². The first-order chi connectivity index (χ1) is 17.5. The van der Waals surface area contributed by atoms with E-state index in [1.54, 1.807) is 23.1 Å². The maximum Gasteiger partial charge on any atom is 0.289 e. The van der Waals surface area contributed by atoms with E-state index in [-0.39, 0.29) is 11.5 Å². The smallest absolute Gasteiger partial charge is 0.289 e. The van der Waals surface area contributed by atoms with E-state index in [0.717, 1.165) is 31.2 Å². The molecule has 0 bridgehead atoms. The number of hydrogen-bond donors (Lipinski definition) is 1. The molecule has 1 aliphatic heterocycles. The quantitative estimate of drug-likeness (QED) is 0.515. The van der Waals surface area contributed by atoms with Gasteiger partial charge in [-0.3, -0.25) is 14.2 Å². The van der Waals surface area contributed by atoms with Crippen LogP contribution in [0.4, 0.5) is 0 Å². The van der Waals surface area contributed by atoms with E-state index in [4.69, 9.17) is 9.47 Å². The third-order valence-corrected chi connectivity index (χ3v) is 7.20. The number of aryl methyl sites for hydroxylation is 1. The maximum atomic E-state index is 13.6. The molecule has 1 amide bonds. The number of nitrogens with zero attached hydrogens (tertiary/aromatic N) is 3. The number of aromatic nitrogens is 2. The van der Waals surface area contributed by atoms with Gasteiger partial charge in [0.15, 0.2) is 5.56 Å². The van der Waals surface area contributed by atoms with Crippen molar-refractivity contribution in [2.45, 2.75) is 38.0 Å². The van der Waals surface area contributed by atoms with Crippen LogP contribution in [0, 0.1) is 5.92 Å². The van der Waals surface area contributed by atoms with E-state index in [2.05, 4.69) is 4.98 Å². The lowest BCUT2D eigenvalue weighted by Gasteiger charge is -2.22. The molecule has 3 aromatic rings. The summed E-state index contributed by atoms with van der Waals surface area (Å²) in [4.78, 5) is 32.7. The number of hydrogen-bond acceptors (Lipinski definition) is 6. The van der Waals surface area contributed by atoms with Crippen LogP contribution in [0.2, 0.25) is 0 Å². The Balaban J connectivity index is 1.57. The second-order valence-electron chi connectivity index (χ2n) is 9.51. The van der Waals surface area contributed by atoms with Gasteiger partial charge in [-0.2, -0.15) is 4.98 Å². The normalized spacial score (nSPS) is 17.3. The lowest BCUT2D eigenvalue weighted by Crippen LogP contribution is -2.35. The molecule has 5 rings (SSSR count). The Morgan fingerprint density at radius 3 is 2.36 bits per heavy atom. The molecule has 188 valence electrons. The van der Waals surface area contributed by atoms with Crippen molar-refractivity contribution in [2.75, 3.05) is 27.3 Å². The zero-order chi connectivity index (χ0) is 25.2. The molecule has 1 aliphatic carbocycles. The number of carbonyl (C=O) groups excluding carboxylic acids is 1. The third kappa shape index (κ3) is 4.55. The first kappa shape index (κ1) is 23.9. The molecule has 1 aromatic heterocycles. The highest BCUT2D eigenvalue weighted by molar-refractivity contribution is 5.96. The Labute approximate surface area is 210 Å². The van der Waals surface area contributed by atoms with Crippen LogP contribution < -0.4 is 15.0 Å². The van der Waals surface area contributed by atoms with Crippen molar-refractivity contribution in [3.63, 3.8) is 0 Å². The van der Waals surface area contributed by atoms with Crippen LogP contribution in [0.25, 0.3) is 5.69 Å². The van der Waals surface area contributed by atoms with Crippen LogP contribution in [0.3, 0.4) is 0 Å². The van der Waals surface area contributed by atoms with Gasteiger partial charge in [-0.15, -0.1) is 0 Å². The van der Waals surface area contributed by atoms with Crippen LogP contribution >= 0.6 is 0 Å². The third-order valence-electron chi connectivity index (χ3n) is 7.20. The average Bonchev–Trinajstić information content (AvgIpc) is 3.60. The molecule has 2 aliphatic rings.